The van der Waals surface area contributed by atoms with Crippen LogP contribution in [0.5, 0.6) is 0 Å². The highest BCUT2D eigenvalue weighted by Gasteiger charge is 2.16. The van der Waals surface area contributed by atoms with Gasteiger partial charge in [0.05, 0.1) is 12.1 Å². The van der Waals surface area contributed by atoms with Crippen LogP contribution < -0.4 is 5.76 Å². The zero-order valence-corrected chi connectivity index (χ0v) is 14.8. The number of nitrogens with zero attached hydrogens (tertiary/aromatic N) is 2. The molecule has 0 aliphatic heterocycles. The molecule has 3 rings (SSSR count). The molecule has 3 aromatic rings. The molecule has 0 saturated carbocycles. The van der Waals surface area contributed by atoms with E-state index in [-0.39, 0.29) is 18.9 Å². The van der Waals surface area contributed by atoms with E-state index >= 15 is 0 Å². The second-order valence-corrected chi connectivity index (χ2v) is 6.03. The third-order valence-corrected chi connectivity index (χ3v) is 4.26. The number of hydrogen-bond acceptors (Lipinski definition) is 4. The molecular weight excluding hydrogens is 332 g/mol. The van der Waals surface area contributed by atoms with Crippen LogP contribution in [0, 0.1) is 0 Å². The van der Waals surface area contributed by atoms with Crippen LogP contribution in [0.2, 0.25) is 0 Å². The lowest BCUT2D eigenvalue weighted by Crippen LogP contribution is -2.34. The Hall–Kier alpha value is -2.86. The smallest absolute Gasteiger partial charge is 0.408 e. The van der Waals surface area contributed by atoms with Crippen LogP contribution in [-0.4, -0.2) is 35.6 Å². The van der Waals surface area contributed by atoms with Gasteiger partial charge in [0.25, 0.3) is 0 Å². The summed E-state index contributed by atoms with van der Waals surface area (Å²) in [6, 6.07) is 17.0. The Labute approximate surface area is 151 Å². The van der Waals surface area contributed by atoms with Crippen LogP contribution in [0.4, 0.5) is 0 Å². The number of amides is 1. The van der Waals surface area contributed by atoms with Gasteiger partial charge < -0.3 is 14.1 Å². The molecule has 6 nitrogen and oxygen atoms in total. The molecule has 0 N–H and O–H groups in total. The van der Waals surface area contributed by atoms with Gasteiger partial charge >= 0.3 is 5.76 Å². The number of aromatic nitrogens is 1. The van der Waals surface area contributed by atoms with Gasteiger partial charge in [-0.3, -0.25) is 9.36 Å². The van der Waals surface area contributed by atoms with Gasteiger partial charge in [-0.1, -0.05) is 42.5 Å². The van der Waals surface area contributed by atoms with Gasteiger partial charge in [0, 0.05) is 33.2 Å². The number of fused-ring (bicyclic) bond motifs is 1. The topological polar surface area (TPSA) is 64.7 Å². The number of oxazole rings is 1. The molecule has 2 aromatic carbocycles. The Bertz CT molecular complexity index is 914. The fraction of sp³-hybridized carbons (Fsp3) is 0.300. The third-order valence-electron chi connectivity index (χ3n) is 4.26. The van der Waals surface area contributed by atoms with Gasteiger partial charge in [0.2, 0.25) is 5.91 Å². The van der Waals surface area contributed by atoms with Crippen molar-refractivity contribution in [2.75, 3.05) is 20.3 Å². The molecule has 0 spiro atoms. The molecule has 0 saturated heterocycles. The number of methoxy groups -OCH3 is 1. The molecule has 1 heterocycles. The second kappa shape index (κ2) is 8.49. The van der Waals surface area contributed by atoms with E-state index < -0.39 is 5.76 Å². The number of hydrogen-bond donors (Lipinski definition) is 0. The van der Waals surface area contributed by atoms with Crippen LogP contribution in [0.3, 0.4) is 0 Å². The minimum atomic E-state index is -0.439. The lowest BCUT2D eigenvalue weighted by molar-refractivity contribution is -0.132. The maximum absolute atomic E-state index is 12.7. The summed E-state index contributed by atoms with van der Waals surface area (Å²) in [5.74, 6) is -0.464. The van der Waals surface area contributed by atoms with Gasteiger partial charge in [0.15, 0.2) is 5.58 Å². The molecule has 0 fully saturated rings. The van der Waals surface area contributed by atoms with Crippen molar-refractivity contribution < 1.29 is 13.9 Å². The standard InChI is InChI=1S/C20H22N2O4/c1-25-14-13-21(15-16-7-3-2-4-8-16)19(23)11-12-22-17-9-5-6-10-18(17)26-20(22)24/h2-10H,11-15H2,1H3. The molecule has 0 aliphatic carbocycles. The minimum Gasteiger partial charge on any atom is -0.408 e. The first-order valence-corrected chi connectivity index (χ1v) is 8.58. The average Bonchev–Trinajstić information content (AvgIpc) is 2.99. The van der Waals surface area contributed by atoms with Crippen molar-refractivity contribution in [2.24, 2.45) is 0 Å². The van der Waals surface area contributed by atoms with E-state index in [2.05, 4.69) is 0 Å². The van der Waals surface area contributed by atoms with Crippen LogP contribution in [0.1, 0.15) is 12.0 Å². The zero-order chi connectivity index (χ0) is 18.4. The molecule has 0 radical (unpaired) electrons. The summed E-state index contributed by atoms with van der Waals surface area (Å²) in [6.07, 6.45) is 0.222. The third kappa shape index (κ3) is 4.21. The van der Waals surface area contributed by atoms with Gasteiger partial charge in [0.1, 0.15) is 0 Å². The van der Waals surface area contributed by atoms with E-state index in [4.69, 9.17) is 9.15 Å². The van der Waals surface area contributed by atoms with Crippen molar-refractivity contribution in [1.82, 2.24) is 9.47 Å². The highest BCUT2D eigenvalue weighted by molar-refractivity contribution is 5.77. The summed E-state index contributed by atoms with van der Waals surface area (Å²) in [6.45, 7) is 1.77. The highest BCUT2D eigenvalue weighted by atomic mass is 16.5. The molecule has 6 heteroatoms. The summed E-state index contributed by atoms with van der Waals surface area (Å²) >= 11 is 0. The number of carbonyl (C=O) groups is 1. The normalized spacial score (nSPS) is 11.0. The SMILES string of the molecule is COCCN(Cc1ccccc1)C(=O)CCn1c(=O)oc2ccccc21. The van der Waals surface area contributed by atoms with Crippen molar-refractivity contribution in [1.29, 1.82) is 0 Å². The number of rotatable bonds is 8. The van der Waals surface area contributed by atoms with E-state index in [1.165, 1.54) is 4.57 Å². The lowest BCUT2D eigenvalue weighted by atomic mass is 10.2. The first-order valence-electron chi connectivity index (χ1n) is 8.58. The average molecular weight is 354 g/mol. The Morgan fingerprint density at radius 1 is 1.12 bits per heavy atom. The summed E-state index contributed by atoms with van der Waals surface area (Å²) < 4.78 is 11.8. The minimum absolute atomic E-state index is 0.0249. The largest absolute Gasteiger partial charge is 0.419 e. The monoisotopic (exact) mass is 354 g/mol. The number of benzene rings is 2. The van der Waals surface area contributed by atoms with Crippen molar-refractivity contribution in [3.8, 4) is 0 Å². The summed E-state index contributed by atoms with van der Waals surface area (Å²) in [4.78, 5) is 26.5. The predicted molar refractivity (Wildman–Crippen MR) is 98.8 cm³/mol. The van der Waals surface area contributed by atoms with Crippen molar-refractivity contribution in [3.05, 3.63) is 70.7 Å². The predicted octanol–water partition coefficient (Wildman–Crippen LogP) is 2.66. The van der Waals surface area contributed by atoms with Gasteiger partial charge in [-0.15, -0.1) is 0 Å². The van der Waals surface area contributed by atoms with Gasteiger partial charge in [-0.25, -0.2) is 4.79 Å². The molecule has 1 aromatic heterocycles. The summed E-state index contributed by atoms with van der Waals surface area (Å²) in [5, 5.41) is 0. The number of para-hydroxylation sites is 2. The van der Waals surface area contributed by atoms with Crippen LogP contribution in [0.15, 0.2) is 63.8 Å². The van der Waals surface area contributed by atoms with Crippen molar-refractivity contribution >= 4 is 17.0 Å². The molecular formula is C20H22N2O4. The number of carbonyl (C=O) groups excluding carboxylic acids is 1. The van der Waals surface area contributed by atoms with Gasteiger partial charge in [-0.2, -0.15) is 0 Å². The van der Waals surface area contributed by atoms with Crippen molar-refractivity contribution in [3.63, 3.8) is 0 Å². The fourth-order valence-electron chi connectivity index (χ4n) is 2.89. The first kappa shape index (κ1) is 17.9. The number of ether oxygens (including phenoxy) is 1. The molecule has 1 amide bonds. The Balaban J connectivity index is 1.70. The van der Waals surface area contributed by atoms with Crippen molar-refractivity contribution in [2.45, 2.75) is 19.5 Å². The van der Waals surface area contributed by atoms with E-state index in [1.54, 1.807) is 18.1 Å². The molecule has 0 bridgehead atoms. The fourth-order valence-corrected chi connectivity index (χ4v) is 2.89. The van der Waals surface area contributed by atoms with Crippen LogP contribution in [-0.2, 0) is 22.6 Å². The Kier molecular flexibility index (Phi) is 5.86. The van der Waals surface area contributed by atoms with E-state index in [1.807, 2.05) is 48.5 Å². The Morgan fingerprint density at radius 3 is 2.62 bits per heavy atom. The van der Waals surface area contributed by atoms with E-state index in [0.717, 1.165) is 5.56 Å². The quantitative estimate of drug-likeness (QED) is 0.624. The summed E-state index contributed by atoms with van der Waals surface area (Å²) in [5.41, 5.74) is 2.30. The molecule has 0 unspecified atom stereocenters. The zero-order valence-electron chi connectivity index (χ0n) is 14.8. The van der Waals surface area contributed by atoms with E-state index in [0.29, 0.717) is 30.8 Å². The van der Waals surface area contributed by atoms with Crippen LogP contribution >= 0.6 is 0 Å². The van der Waals surface area contributed by atoms with Crippen LogP contribution in [0.25, 0.3) is 11.1 Å². The maximum atomic E-state index is 12.7. The second-order valence-electron chi connectivity index (χ2n) is 6.03. The molecule has 26 heavy (non-hydrogen) atoms. The lowest BCUT2D eigenvalue weighted by Gasteiger charge is -2.22. The highest BCUT2D eigenvalue weighted by Crippen LogP contribution is 2.13. The summed E-state index contributed by atoms with van der Waals surface area (Å²) in [7, 11) is 1.61. The Morgan fingerprint density at radius 2 is 1.85 bits per heavy atom. The molecule has 0 atom stereocenters. The molecule has 136 valence electrons. The van der Waals surface area contributed by atoms with E-state index in [9.17, 15) is 9.59 Å². The molecule has 0 aliphatic rings. The first-order chi connectivity index (χ1) is 12.7. The van der Waals surface area contributed by atoms with Gasteiger partial charge in [-0.05, 0) is 17.7 Å². The maximum Gasteiger partial charge on any atom is 0.419 e. The number of aryl methyl sites for hydroxylation is 1.